The number of aromatic nitrogens is 1. The van der Waals surface area contributed by atoms with Crippen molar-refractivity contribution in [3.8, 4) is 5.75 Å². The molecule has 166 valence electrons. The summed E-state index contributed by atoms with van der Waals surface area (Å²) in [4.78, 5) is 0. The standard InChI is InChI=1S/C21H16NOS.CHF3O3S/c1-22-18-13-7-5-11-16(18)20(17-12-6-8-14-19(17)22)21(24)23-15-9-3-2-4-10-15;2-1(3,4)8(5,6)7/h2-14H,1H3;(H,5,6,7)/q+1;/p-1. The number of alkyl halides is 3. The second-order valence-corrected chi connectivity index (χ2v) is 8.31. The summed E-state index contributed by atoms with van der Waals surface area (Å²) in [5.74, 6) is 0.754. The fraction of sp³-hybridized carbons (Fsp3) is 0.0909. The van der Waals surface area contributed by atoms with Crippen molar-refractivity contribution in [2.75, 3.05) is 0 Å². The zero-order valence-corrected chi connectivity index (χ0v) is 18.2. The Kier molecular flexibility index (Phi) is 6.77. The van der Waals surface area contributed by atoms with Crippen LogP contribution in [0.4, 0.5) is 13.2 Å². The van der Waals surface area contributed by atoms with Gasteiger partial charge in [-0.15, -0.1) is 0 Å². The molecule has 0 aliphatic heterocycles. The van der Waals surface area contributed by atoms with Crippen LogP contribution >= 0.6 is 12.2 Å². The fourth-order valence-electron chi connectivity index (χ4n) is 3.10. The Hall–Kier alpha value is -3.08. The third-order valence-corrected chi connectivity index (χ3v) is 5.37. The maximum Gasteiger partial charge on any atom is 0.485 e. The van der Waals surface area contributed by atoms with Crippen molar-refractivity contribution in [2.45, 2.75) is 5.51 Å². The predicted molar refractivity (Wildman–Crippen MR) is 117 cm³/mol. The second-order valence-electron chi connectivity index (χ2n) is 6.57. The molecule has 0 atom stereocenters. The SMILES string of the molecule is C[n+]1c2ccccc2c(C(=S)Oc2ccccc2)c2ccccc21.O=S(=O)([O-])C(F)(F)F. The van der Waals surface area contributed by atoms with Gasteiger partial charge in [0.15, 0.2) is 15.2 Å². The monoisotopic (exact) mass is 479 g/mol. The highest BCUT2D eigenvalue weighted by molar-refractivity contribution is 7.86. The van der Waals surface area contributed by atoms with E-state index in [1.807, 2.05) is 54.6 Å². The maximum atomic E-state index is 10.7. The lowest BCUT2D eigenvalue weighted by Crippen LogP contribution is -2.31. The van der Waals surface area contributed by atoms with Gasteiger partial charge in [0.2, 0.25) is 11.0 Å². The lowest BCUT2D eigenvalue weighted by Gasteiger charge is -2.12. The molecule has 0 amide bonds. The van der Waals surface area contributed by atoms with Gasteiger partial charge in [-0.3, -0.25) is 0 Å². The molecule has 4 aromatic rings. The van der Waals surface area contributed by atoms with E-state index in [4.69, 9.17) is 29.9 Å². The summed E-state index contributed by atoms with van der Waals surface area (Å²) in [6.07, 6.45) is 0. The first kappa shape index (κ1) is 23.6. The molecule has 1 heterocycles. The number of ether oxygens (including phenoxy) is 1. The summed E-state index contributed by atoms with van der Waals surface area (Å²) in [5, 5.41) is 2.69. The van der Waals surface area contributed by atoms with E-state index >= 15 is 0 Å². The van der Waals surface area contributed by atoms with E-state index in [0.717, 1.165) is 33.1 Å². The van der Waals surface area contributed by atoms with Crippen LogP contribution in [0.25, 0.3) is 21.8 Å². The quantitative estimate of drug-likeness (QED) is 0.138. The van der Waals surface area contributed by atoms with Crippen LogP contribution in [0.2, 0.25) is 0 Å². The van der Waals surface area contributed by atoms with Gasteiger partial charge < -0.3 is 9.29 Å². The molecule has 0 unspecified atom stereocenters. The summed E-state index contributed by atoms with van der Waals surface area (Å²) in [5.41, 5.74) is -2.42. The van der Waals surface area contributed by atoms with E-state index in [9.17, 15) is 13.2 Å². The zero-order chi connectivity index (χ0) is 23.5. The van der Waals surface area contributed by atoms with Gasteiger partial charge in [-0.05, 0) is 36.5 Å². The van der Waals surface area contributed by atoms with E-state index in [0.29, 0.717) is 5.05 Å². The third-order valence-electron chi connectivity index (χ3n) is 4.51. The van der Waals surface area contributed by atoms with Gasteiger partial charge in [-0.25, -0.2) is 8.42 Å². The van der Waals surface area contributed by atoms with Crippen LogP contribution in [-0.4, -0.2) is 23.5 Å². The predicted octanol–water partition coefficient (Wildman–Crippen LogP) is 4.62. The van der Waals surface area contributed by atoms with Crippen molar-refractivity contribution in [3.05, 3.63) is 84.4 Å². The number of aryl methyl sites for hydroxylation is 1. The first-order chi connectivity index (χ1) is 15.0. The van der Waals surface area contributed by atoms with Crippen LogP contribution in [-0.2, 0) is 17.2 Å². The van der Waals surface area contributed by atoms with Crippen LogP contribution in [0, 0.1) is 0 Å². The molecule has 0 fully saturated rings. The average molecular weight is 480 g/mol. The molecule has 5 nitrogen and oxygen atoms in total. The van der Waals surface area contributed by atoms with Gasteiger partial charge in [-0.1, -0.05) is 42.5 Å². The molecular formula is C22H16F3NO4S2. The molecule has 0 spiro atoms. The fourth-order valence-corrected chi connectivity index (χ4v) is 3.41. The number of rotatable bonds is 2. The maximum absolute atomic E-state index is 10.7. The number of para-hydroxylation sites is 3. The highest BCUT2D eigenvalue weighted by Gasteiger charge is 2.36. The van der Waals surface area contributed by atoms with Gasteiger partial charge in [0.05, 0.1) is 16.3 Å². The van der Waals surface area contributed by atoms with E-state index in [1.54, 1.807) is 0 Å². The molecule has 0 aliphatic carbocycles. The molecule has 3 aromatic carbocycles. The first-order valence-corrected chi connectivity index (χ1v) is 10.9. The van der Waals surface area contributed by atoms with E-state index in [2.05, 4.69) is 35.9 Å². The Labute approximate surface area is 187 Å². The van der Waals surface area contributed by atoms with Crippen LogP contribution in [0.5, 0.6) is 5.75 Å². The van der Waals surface area contributed by atoms with Crippen molar-refractivity contribution < 1.29 is 35.4 Å². The minimum atomic E-state index is -6.09. The summed E-state index contributed by atoms with van der Waals surface area (Å²) < 4.78 is 67.1. The van der Waals surface area contributed by atoms with Crippen molar-refractivity contribution in [1.82, 2.24) is 0 Å². The molecule has 0 saturated heterocycles. The van der Waals surface area contributed by atoms with Crippen LogP contribution < -0.4 is 9.30 Å². The molecular weight excluding hydrogens is 463 g/mol. The molecule has 0 aliphatic rings. The zero-order valence-electron chi connectivity index (χ0n) is 16.5. The van der Waals surface area contributed by atoms with E-state index in [1.165, 1.54) is 0 Å². The smallest absolute Gasteiger partial charge is 0.485 e. The van der Waals surface area contributed by atoms with Crippen LogP contribution in [0.15, 0.2) is 78.9 Å². The molecule has 0 N–H and O–H groups in total. The highest BCUT2D eigenvalue weighted by Crippen LogP contribution is 2.26. The van der Waals surface area contributed by atoms with Crippen molar-refractivity contribution in [2.24, 2.45) is 7.05 Å². The Morgan fingerprint density at radius 1 is 0.875 bits per heavy atom. The third kappa shape index (κ3) is 5.04. The molecule has 0 radical (unpaired) electrons. The number of hydrogen-bond acceptors (Lipinski definition) is 5. The minimum absolute atomic E-state index is 0.495. The molecule has 4 rings (SSSR count). The van der Waals surface area contributed by atoms with Crippen molar-refractivity contribution in [3.63, 3.8) is 0 Å². The number of halogens is 3. The van der Waals surface area contributed by atoms with Crippen molar-refractivity contribution in [1.29, 1.82) is 0 Å². The number of fused-ring (bicyclic) bond motifs is 2. The second kappa shape index (κ2) is 9.19. The van der Waals surface area contributed by atoms with Crippen molar-refractivity contribution >= 4 is 49.2 Å². The van der Waals surface area contributed by atoms with Gasteiger partial charge in [0, 0.05) is 12.1 Å². The Bertz CT molecular complexity index is 1330. The molecule has 0 bridgehead atoms. The molecule has 10 heteroatoms. The van der Waals surface area contributed by atoms with Crippen LogP contribution in [0.3, 0.4) is 0 Å². The largest absolute Gasteiger partial charge is 0.741 e. The summed E-state index contributed by atoms with van der Waals surface area (Å²) in [6, 6.07) is 26.2. The minimum Gasteiger partial charge on any atom is -0.741 e. The average Bonchev–Trinajstić information content (AvgIpc) is 2.74. The number of benzene rings is 3. The Balaban J connectivity index is 0.000000312. The highest BCUT2D eigenvalue weighted by atomic mass is 32.2. The molecule has 0 saturated carbocycles. The number of pyridine rings is 1. The lowest BCUT2D eigenvalue weighted by molar-refractivity contribution is -0.617. The summed E-state index contributed by atoms with van der Waals surface area (Å²) in [7, 11) is -4.01. The Morgan fingerprint density at radius 2 is 1.28 bits per heavy atom. The lowest BCUT2D eigenvalue weighted by atomic mass is 10.0. The van der Waals surface area contributed by atoms with Gasteiger partial charge in [0.25, 0.3) is 0 Å². The number of hydrogen-bond donors (Lipinski definition) is 0. The van der Waals surface area contributed by atoms with E-state index in [-0.39, 0.29) is 0 Å². The molecule has 1 aromatic heterocycles. The van der Waals surface area contributed by atoms with Gasteiger partial charge in [0.1, 0.15) is 12.8 Å². The van der Waals surface area contributed by atoms with Gasteiger partial charge in [-0.2, -0.15) is 17.7 Å². The molecule has 32 heavy (non-hydrogen) atoms. The normalized spacial score (nSPS) is 11.7. The van der Waals surface area contributed by atoms with Crippen LogP contribution in [0.1, 0.15) is 5.56 Å². The topological polar surface area (TPSA) is 70.3 Å². The number of thiocarbonyl (C=S) groups is 1. The summed E-state index contributed by atoms with van der Waals surface area (Å²) in [6.45, 7) is 0. The number of nitrogens with zero attached hydrogens (tertiary/aromatic N) is 1. The first-order valence-electron chi connectivity index (χ1n) is 9.09. The van der Waals surface area contributed by atoms with E-state index < -0.39 is 15.6 Å². The summed E-state index contributed by atoms with van der Waals surface area (Å²) >= 11 is 5.67. The van der Waals surface area contributed by atoms with Gasteiger partial charge >= 0.3 is 5.51 Å². The Morgan fingerprint density at radius 3 is 1.72 bits per heavy atom.